The first-order valence-electron chi connectivity index (χ1n) is 8.17. The van der Waals surface area contributed by atoms with Gasteiger partial charge in [0.05, 0.1) is 17.3 Å². The van der Waals surface area contributed by atoms with Crippen LogP contribution in [0, 0.1) is 6.92 Å². The maximum Gasteiger partial charge on any atom is 0.256 e. The Hall–Kier alpha value is -2.37. The summed E-state index contributed by atoms with van der Waals surface area (Å²) in [5.74, 6) is 1.62. The number of amides is 1. The van der Waals surface area contributed by atoms with Crippen LogP contribution in [0.4, 0.5) is 5.82 Å². The highest BCUT2D eigenvalue weighted by atomic mass is 16.5. The summed E-state index contributed by atoms with van der Waals surface area (Å²) in [6.45, 7) is 2.63. The van der Waals surface area contributed by atoms with Crippen molar-refractivity contribution in [2.24, 2.45) is 0 Å². The molecule has 4 rings (SSSR count). The molecule has 23 heavy (non-hydrogen) atoms. The summed E-state index contributed by atoms with van der Waals surface area (Å²) >= 11 is 0. The molecule has 2 aromatic heterocycles. The predicted octanol–water partition coefficient (Wildman–Crippen LogP) is 2.93. The van der Waals surface area contributed by atoms with Crippen LogP contribution in [-0.2, 0) is 0 Å². The van der Waals surface area contributed by atoms with Gasteiger partial charge in [-0.25, -0.2) is 4.98 Å². The van der Waals surface area contributed by atoms with E-state index < -0.39 is 0 Å². The van der Waals surface area contributed by atoms with E-state index in [0.29, 0.717) is 11.6 Å². The molecule has 0 radical (unpaired) electrons. The van der Waals surface area contributed by atoms with E-state index in [4.69, 9.17) is 4.52 Å². The minimum atomic E-state index is -0.0204. The molecule has 3 heterocycles. The molecule has 0 spiro atoms. The van der Waals surface area contributed by atoms with E-state index >= 15 is 0 Å². The topological polar surface area (TPSA) is 71.3 Å². The number of carbonyl (C=O) groups is 1. The molecule has 1 saturated heterocycles. The largest absolute Gasteiger partial charge is 0.367 e. The average Bonchev–Trinajstić information content (AvgIpc) is 3.07. The van der Waals surface area contributed by atoms with E-state index in [9.17, 15) is 4.79 Å². The number of nitrogens with one attached hydrogen (secondary N) is 1. The number of hydrogen-bond acceptors (Lipinski definition) is 5. The fourth-order valence-corrected chi connectivity index (χ4v) is 3.05. The van der Waals surface area contributed by atoms with Crippen LogP contribution in [0.2, 0.25) is 0 Å². The SMILES string of the molecule is Cc1cc([C@@H]2CCCN2C(=O)c2ccc(NC3CC3)nc2)on1. The monoisotopic (exact) mass is 312 g/mol. The first-order valence-corrected chi connectivity index (χ1v) is 8.17. The molecule has 1 aliphatic heterocycles. The highest BCUT2D eigenvalue weighted by molar-refractivity contribution is 5.94. The van der Waals surface area contributed by atoms with Crippen LogP contribution in [0.3, 0.4) is 0 Å². The minimum absolute atomic E-state index is 0.00650. The summed E-state index contributed by atoms with van der Waals surface area (Å²) in [5.41, 5.74) is 1.46. The van der Waals surface area contributed by atoms with Crippen molar-refractivity contribution in [2.75, 3.05) is 11.9 Å². The molecule has 0 aromatic carbocycles. The second-order valence-electron chi connectivity index (χ2n) is 6.38. The van der Waals surface area contributed by atoms with Gasteiger partial charge in [0.2, 0.25) is 0 Å². The third-order valence-corrected chi connectivity index (χ3v) is 4.43. The Labute approximate surface area is 134 Å². The summed E-state index contributed by atoms with van der Waals surface area (Å²) in [6.07, 6.45) is 5.96. The van der Waals surface area contributed by atoms with Gasteiger partial charge in [-0.05, 0) is 44.7 Å². The molecule has 1 saturated carbocycles. The van der Waals surface area contributed by atoms with Gasteiger partial charge in [0.1, 0.15) is 5.82 Å². The molecular formula is C17H20N4O2. The molecule has 2 aliphatic rings. The first-order chi connectivity index (χ1) is 11.2. The number of hydrogen-bond donors (Lipinski definition) is 1. The molecular weight excluding hydrogens is 292 g/mol. The van der Waals surface area contributed by atoms with Crippen LogP contribution >= 0.6 is 0 Å². The van der Waals surface area contributed by atoms with Gasteiger partial charge in [0.15, 0.2) is 5.76 Å². The van der Waals surface area contributed by atoms with Gasteiger partial charge < -0.3 is 14.7 Å². The van der Waals surface area contributed by atoms with E-state index in [2.05, 4.69) is 15.5 Å². The number of anilines is 1. The molecule has 0 bridgehead atoms. The number of aromatic nitrogens is 2. The van der Waals surface area contributed by atoms with Crippen LogP contribution in [0.25, 0.3) is 0 Å². The Bertz CT molecular complexity index is 706. The van der Waals surface area contributed by atoms with Crippen LogP contribution < -0.4 is 5.32 Å². The first kappa shape index (κ1) is 14.2. The molecule has 120 valence electrons. The number of carbonyl (C=O) groups excluding carboxylic acids is 1. The number of pyridine rings is 1. The van der Waals surface area contributed by atoms with Crippen LogP contribution in [0.5, 0.6) is 0 Å². The highest BCUT2D eigenvalue weighted by Gasteiger charge is 2.33. The third-order valence-electron chi connectivity index (χ3n) is 4.43. The van der Waals surface area contributed by atoms with E-state index in [-0.39, 0.29) is 11.9 Å². The summed E-state index contributed by atoms with van der Waals surface area (Å²) in [7, 11) is 0. The van der Waals surface area contributed by atoms with Gasteiger partial charge >= 0.3 is 0 Å². The fourth-order valence-electron chi connectivity index (χ4n) is 3.05. The summed E-state index contributed by atoms with van der Waals surface area (Å²) in [4.78, 5) is 19.0. The molecule has 1 aliphatic carbocycles. The number of aryl methyl sites for hydroxylation is 1. The van der Waals surface area contributed by atoms with Gasteiger partial charge in [-0.15, -0.1) is 0 Å². The quantitative estimate of drug-likeness (QED) is 0.940. The Morgan fingerprint density at radius 1 is 1.35 bits per heavy atom. The van der Waals surface area contributed by atoms with Gasteiger partial charge in [-0.1, -0.05) is 5.16 Å². The summed E-state index contributed by atoms with van der Waals surface area (Å²) in [5, 5.41) is 7.27. The van der Waals surface area contributed by atoms with Gasteiger partial charge in [0.25, 0.3) is 5.91 Å². The van der Waals surface area contributed by atoms with E-state index in [1.165, 1.54) is 12.8 Å². The lowest BCUT2D eigenvalue weighted by Gasteiger charge is -2.22. The molecule has 2 fully saturated rings. The van der Waals surface area contributed by atoms with Crippen molar-refractivity contribution in [2.45, 2.75) is 44.7 Å². The van der Waals surface area contributed by atoms with Gasteiger partial charge in [0, 0.05) is 24.8 Å². The normalized spacial score (nSPS) is 20.7. The zero-order valence-electron chi connectivity index (χ0n) is 13.2. The Balaban J connectivity index is 1.50. The Morgan fingerprint density at radius 2 is 2.22 bits per heavy atom. The predicted molar refractivity (Wildman–Crippen MR) is 85.1 cm³/mol. The fraction of sp³-hybridized carbons (Fsp3) is 0.471. The van der Waals surface area contributed by atoms with Crippen molar-refractivity contribution in [1.82, 2.24) is 15.0 Å². The Kier molecular flexibility index (Phi) is 3.52. The van der Waals surface area contributed by atoms with Gasteiger partial charge in [-0.2, -0.15) is 0 Å². The standard InChI is InChI=1S/C17H20N4O2/c1-11-9-15(23-20-11)14-3-2-8-21(14)17(22)12-4-7-16(18-10-12)19-13-5-6-13/h4,7,9-10,13-14H,2-3,5-6,8H2,1H3,(H,18,19)/t14-/m0/s1. The number of likely N-dealkylation sites (tertiary alicyclic amines) is 1. The molecule has 1 atom stereocenters. The van der Waals surface area contributed by atoms with E-state index in [1.54, 1.807) is 6.20 Å². The maximum atomic E-state index is 12.8. The van der Waals surface area contributed by atoms with Crippen molar-refractivity contribution in [3.63, 3.8) is 0 Å². The molecule has 0 unspecified atom stereocenters. The lowest BCUT2D eigenvalue weighted by atomic mass is 10.1. The minimum Gasteiger partial charge on any atom is -0.367 e. The second-order valence-corrected chi connectivity index (χ2v) is 6.38. The zero-order valence-corrected chi connectivity index (χ0v) is 13.2. The van der Waals surface area contributed by atoms with Crippen LogP contribution in [-0.4, -0.2) is 33.5 Å². The second kappa shape index (κ2) is 5.68. The molecule has 1 N–H and O–H groups in total. The summed E-state index contributed by atoms with van der Waals surface area (Å²) in [6, 6.07) is 6.18. The smallest absolute Gasteiger partial charge is 0.256 e. The highest BCUT2D eigenvalue weighted by Crippen LogP contribution is 2.33. The van der Waals surface area contributed by atoms with Crippen molar-refractivity contribution in [3.05, 3.63) is 41.4 Å². The van der Waals surface area contributed by atoms with Crippen molar-refractivity contribution >= 4 is 11.7 Å². The van der Waals surface area contributed by atoms with Crippen molar-refractivity contribution in [1.29, 1.82) is 0 Å². The average molecular weight is 312 g/mol. The van der Waals surface area contributed by atoms with Crippen molar-refractivity contribution < 1.29 is 9.32 Å². The van der Waals surface area contributed by atoms with E-state index in [0.717, 1.165) is 36.7 Å². The van der Waals surface area contributed by atoms with Crippen LogP contribution in [0.15, 0.2) is 28.9 Å². The molecule has 6 nitrogen and oxygen atoms in total. The lowest BCUT2D eigenvalue weighted by molar-refractivity contribution is 0.0714. The molecule has 1 amide bonds. The zero-order chi connectivity index (χ0) is 15.8. The molecule has 6 heteroatoms. The summed E-state index contributed by atoms with van der Waals surface area (Å²) < 4.78 is 5.36. The van der Waals surface area contributed by atoms with Crippen molar-refractivity contribution in [3.8, 4) is 0 Å². The maximum absolute atomic E-state index is 12.8. The Morgan fingerprint density at radius 3 is 2.87 bits per heavy atom. The van der Waals surface area contributed by atoms with E-state index in [1.807, 2.05) is 30.0 Å². The third kappa shape index (κ3) is 2.93. The molecule has 2 aromatic rings. The number of rotatable bonds is 4. The number of nitrogens with zero attached hydrogens (tertiary/aromatic N) is 3. The van der Waals surface area contributed by atoms with Crippen LogP contribution in [0.1, 0.15) is 53.5 Å². The lowest BCUT2D eigenvalue weighted by Crippen LogP contribution is -2.30. The van der Waals surface area contributed by atoms with Gasteiger partial charge in [-0.3, -0.25) is 4.79 Å².